The maximum atomic E-state index is 14.3. The van der Waals surface area contributed by atoms with E-state index < -0.39 is 6.04 Å². The molecule has 0 spiro atoms. The summed E-state index contributed by atoms with van der Waals surface area (Å²) in [5.41, 5.74) is 2.14. The number of hydrogen-bond donors (Lipinski definition) is 0. The van der Waals surface area contributed by atoms with E-state index >= 15 is 0 Å². The first-order valence-corrected chi connectivity index (χ1v) is 14.8. The van der Waals surface area contributed by atoms with Gasteiger partial charge in [0.05, 0.1) is 42.2 Å². The van der Waals surface area contributed by atoms with Crippen molar-refractivity contribution in [2.75, 3.05) is 34.4 Å². The van der Waals surface area contributed by atoms with E-state index in [4.69, 9.17) is 30.8 Å². The Morgan fingerprint density at radius 3 is 2.43 bits per heavy atom. The van der Waals surface area contributed by atoms with Gasteiger partial charge in [0, 0.05) is 18.7 Å². The number of aromatic nitrogens is 1. The van der Waals surface area contributed by atoms with Gasteiger partial charge in [-0.15, -0.1) is 0 Å². The molecule has 0 saturated carbocycles. The van der Waals surface area contributed by atoms with Crippen LogP contribution >= 0.6 is 22.9 Å². The summed E-state index contributed by atoms with van der Waals surface area (Å²) in [4.78, 5) is 35.4. The van der Waals surface area contributed by atoms with Crippen molar-refractivity contribution >= 4 is 45.7 Å². The zero-order valence-corrected chi connectivity index (χ0v) is 25.9. The van der Waals surface area contributed by atoms with Crippen molar-refractivity contribution in [1.29, 1.82) is 0 Å². The van der Waals surface area contributed by atoms with Crippen LogP contribution in [0.2, 0.25) is 5.02 Å². The Balaban J connectivity index is 1.83. The zero-order chi connectivity index (χ0) is 30.1. The highest BCUT2D eigenvalue weighted by molar-refractivity contribution is 7.07. The second-order valence-electron chi connectivity index (χ2n) is 9.70. The molecule has 0 radical (unpaired) electrons. The third-order valence-electron chi connectivity index (χ3n) is 7.48. The van der Waals surface area contributed by atoms with Crippen molar-refractivity contribution in [3.8, 4) is 17.2 Å². The highest BCUT2D eigenvalue weighted by Crippen LogP contribution is 2.41. The van der Waals surface area contributed by atoms with Crippen LogP contribution in [0.25, 0.3) is 16.8 Å². The minimum absolute atomic E-state index is 0.165. The number of thiazole rings is 1. The maximum Gasteiger partial charge on any atom is 0.271 e. The number of benzene rings is 3. The molecule has 0 fully saturated rings. The number of ether oxygens (including phenoxy) is 3. The quantitative estimate of drug-likeness (QED) is 0.284. The lowest BCUT2D eigenvalue weighted by atomic mass is 9.90. The summed E-state index contributed by atoms with van der Waals surface area (Å²) >= 11 is 7.71. The maximum absolute atomic E-state index is 14.3. The highest BCUT2D eigenvalue weighted by Gasteiger charge is 2.36. The van der Waals surface area contributed by atoms with Crippen molar-refractivity contribution in [2.45, 2.75) is 26.8 Å². The van der Waals surface area contributed by atoms with E-state index in [1.807, 2.05) is 57.2 Å². The first kappa shape index (κ1) is 29.4. The first-order valence-electron chi connectivity index (χ1n) is 13.6. The van der Waals surface area contributed by atoms with Crippen molar-refractivity contribution in [2.24, 2.45) is 4.99 Å². The van der Waals surface area contributed by atoms with Gasteiger partial charge in [-0.2, -0.15) is 0 Å². The molecule has 218 valence electrons. The zero-order valence-electron chi connectivity index (χ0n) is 24.4. The molecule has 0 aliphatic carbocycles. The second-order valence-corrected chi connectivity index (χ2v) is 11.1. The third-order valence-corrected chi connectivity index (χ3v) is 8.74. The number of carbonyl (C=O) groups is 1. The summed E-state index contributed by atoms with van der Waals surface area (Å²) < 4.78 is 18.7. The lowest BCUT2D eigenvalue weighted by Gasteiger charge is -2.30. The molecule has 1 aliphatic heterocycles. The highest BCUT2D eigenvalue weighted by atomic mass is 35.5. The van der Waals surface area contributed by atoms with Gasteiger partial charge in [0.15, 0.2) is 16.3 Å². The minimum atomic E-state index is -0.758. The Morgan fingerprint density at radius 2 is 1.76 bits per heavy atom. The van der Waals surface area contributed by atoms with Gasteiger partial charge in [-0.3, -0.25) is 14.2 Å². The standard InChI is InChI=1S/C32H32ClN3O5S/c1-7-35(8-2)31(38)26-18(3)34-32-36(28(26)27-21-12-10-9-11-20(21)13-14-23(27)39-4)30(37)25(42-32)17-19-15-22(33)29(41-6)24(16-19)40-5/h9-17,28H,7-8H2,1-6H3/b25-17+/t28-/m0/s1. The monoisotopic (exact) mass is 605 g/mol. The molecule has 3 aromatic carbocycles. The molecule has 0 unspecified atom stereocenters. The van der Waals surface area contributed by atoms with Crippen molar-refractivity contribution in [3.63, 3.8) is 0 Å². The first-order chi connectivity index (χ1) is 20.3. The molecule has 42 heavy (non-hydrogen) atoms. The van der Waals surface area contributed by atoms with Gasteiger partial charge < -0.3 is 19.1 Å². The van der Waals surface area contributed by atoms with Gasteiger partial charge in [0.1, 0.15) is 11.8 Å². The number of fused-ring (bicyclic) bond motifs is 2. The van der Waals surface area contributed by atoms with Gasteiger partial charge in [-0.1, -0.05) is 53.3 Å². The second kappa shape index (κ2) is 12.0. The largest absolute Gasteiger partial charge is 0.496 e. The minimum Gasteiger partial charge on any atom is -0.496 e. The van der Waals surface area contributed by atoms with Crippen LogP contribution in [0.5, 0.6) is 17.2 Å². The summed E-state index contributed by atoms with van der Waals surface area (Å²) in [5, 5.41) is 2.22. The smallest absolute Gasteiger partial charge is 0.271 e. The summed E-state index contributed by atoms with van der Waals surface area (Å²) in [7, 11) is 4.64. The molecule has 8 nitrogen and oxygen atoms in total. The molecule has 10 heteroatoms. The summed E-state index contributed by atoms with van der Waals surface area (Å²) in [5.74, 6) is 1.28. The van der Waals surface area contributed by atoms with E-state index in [2.05, 4.69) is 0 Å². The number of hydrogen-bond acceptors (Lipinski definition) is 7. The molecule has 2 heterocycles. The van der Waals surface area contributed by atoms with Crippen LogP contribution in [0.4, 0.5) is 0 Å². The average Bonchev–Trinajstić information content (AvgIpc) is 3.29. The molecule has 1 aromatic heterocycles. The number of halogens is 1. The fraction of sp³-hybridized carbons (Fsp3) is 0.281. The molecule has 1 amide bonds. The topological polar surface area (TPSA) is 82.4 Å². The Labute approximate surface area is 252 Å². The van der Waals surface area contributed by atoms with E-state index in [1.54, 1.807) is 34.8 Å². The lowest BCUT2D eigenvalue weighted by Crippen LogP contribution is -2.43. The molecule has 0 bridgehead atoms. The predicted octanol–water partition coefficient (Wildman–Crippen LogP) is 4.94. The number of methoxy groups -OCH3 is 3. The Bertz CT molecular complexity index is 1910. The number of allylic oxidation sites excluding steroid dienone is 1. The van der Waals surface area contributed by atoms with Crippen LogP contribution in [-0.4, -0.2) is 49.8 Å². The molecule has 1 aliphatic rings. The van der Waals surface area contributed by atoms with E-state index in [0.717, 1.165) is 16.3 Å². The number of carbonyl (C=O) groups excluding carboxylic acids is 1. The normalized spacial score (nSPS) is 14.9. The molecule has 5 rings (SSSR count). The molecular weight excluding hydrogens is 574 g/mol. The molecular formula is C32H32ClN3O5S. The van der Waals surface area contributed by atoms with E-state index in [1.165, 1.54) is 25.6 Å². The summed E-state index contributed by atoms with van der Waals surface area (Å²) in [6.07, 6.45) is 1.75. The van der Waals surface area contributed by atoms with Gasteiger partial charge in [-0.05, 0) is 61.4 Å². The number of likely N-dealkylation sites (N-methyl/N-ethyl adjacent to an activating group) is 1. The van der Waals surface area contributed by atoms with E-state index in [9.17, 15) is 9.59 Å². The van der Waals surface area contributed by atoms with Crippen LogP contribution in [-0.2, 0) is 4.79 Å². The predicted molar refractivity (Wildman–Crippen MR) is 167 cm³/mol. The molecule has 1 atom stereocenters. The van der Waals surface area contributed by atoms with Crippen molar-refractivity contribution < 1.29 is 19.0 Å². The average molecular weight is 606 g/mol. The van der Waals surface area contributed by atoms with Gasteiger partial charge >= 0.3 is 0 Å². The SMILES string of the molecule is CCN(CC)C(=O)C1=C(C)N=c2s/c(=C/c3cc(Cl)c(OC)c(OC)c3)c(=O)n2[C@@H]1c1c(OC)ccc2ccccc12. The third kappa shape index (κ3) is 4.97. The fourth-order valence-electron chi connectivity index (χ4n) is 5.46. The summed E-state index contributed by atoms with van der Waals surface area (Å²) in [6, 6.07) is 14.5. The Kier molecular flexibility index (Phi) is 8.43. The van der Waals surface area contributed by atoms with E-state index in [0.29, 0.717) is 61.5 Å². The molecule has 0 N–H and O–H groups in total. The Hall–Kier alpha value is -4.08. The van der Waals surface area contributed by atoms with Crippen LogP contribution in [0.1, 0.15) is 37.9 Å². The van der Waals surface area contributed by atoms with Crippen LogP contribution in [0.3, 0.4) is 0 Å². The van der Waals surface area contributed by atoms with Crippen LogP contribution < -0.4 is 29.1 Å². The van der Waals surface area contributed by atoms with Gasteiger partial charge in [0.25, 0.3) is 11.5 Å². The van der Waals surface area contributed by atoms with Crippen LogP contribution in [0, 0.1) is 0 Å². The van der Waals surface area contributed by atoms with Gasteiger partial charge in [-0.25, -0.2) is 4.99 Å². The summed E-state index contributed by atoms with van der Waals surface area (Å²) in [6.45, 7) is 6.75. The number of amides is 1. The fourth-order valence-corrected chi connectivity index (χ4v) is 6.80. The van der Waals surface area contributed by atoms with Crippen molar-refractivity contribution in [1.82, 2.24) is 9.47 Å². The Morgan fingerprint density at radius 1 is 1.05 bits per heavy atom. The number of rotatable bonds is 8. The molecule has 4 aromatic rings. The van der Waals surface area contributed by atoms with Crippen LogP contribution in [0.15, 0.2) is 69.6 Å². The van der Waals surface area contributed by atoms with Crippen molar-refractivity contribution in [3.05, 3.63) is 95.6 Å². The van der Waals surface area contributed by atoms with E-state index in [-0.39, 0.29) is 11.5 Å². The number of nitrogens with zero attached hydrogens (tertiary/aromatic N) is 3. The lowest BCUT2D eigenvalue weighted by molar-refractivity contribution is -0.127. The van der Waals surface area contributed by atoms with Gasteiger partial charge in [0.2, 0.25) is 0 Å². The molecule has 0 saturated heterocycles.